The number of sulfone groups is 1. The van der Waals surface area contributed by atoms with Gasteiger partial charge in [0.25, 0.3) is 6.43 Å². The first kappa shape index (κ1) is 28.5. The van der Waals surface area contributed by atoms with E-state index in [1.807, 2.05) is 12.1 Å². The zero-order valence-electron chi connectivity index (χ0n) is 21.8. The van der Waals surface area contributed by atoms with Crippen LogP contribution in [0.15, 0.2) is 71.9 Å². The number of aryl methyl sites for hydroxylation is 1. The van der Waals surface area contributed by atoms with Crippen LogP contribution < -0.4 is 0 Å². The van der Waals surface area contributed by atoms with Crippen LogP contribution in [-0.2, 0) is 23.0 Å². The van der Waals surface area contributed by atoms with Crippen LogP contribution in [0.4, 0.5) is 13.2 Å². The Kier molecular flexibility index (Phi) is 7.73. The highest BCUT2D eigenvalue weighted by Gasteiger charge is 2.22. The fraction of sp³-hybridized carbons (Fsp3) is 0.179. The number of halogens is 4. The number of nitrogens with zero attached hydrogens (tertiary/aromatic N) is 5. The van der Waals surface area contributed by atoms with Crippen molar-refractivity contribution in [1.29, 1.82) is 0 Å². The van der Waals surface area contributed by atoms with E-state index in [1.165, 1.54) is 23.0 Å². The van der Waals surface area contributed by atoms with Crippen LogP contribution in [0.2, 0.25) is 5.02 Å². The van der Waals surface area contributed by atoms with Crippen molar-refractivity contribution in [2.45, 2.75) is 31.4 Å². The Bertz CT molecular complexity index is 1850. The first-order valence-corrected chi connectivity index (χ1v) is 14.5. The Labute approximate surface area is 238 Å². The second kappa shape index (κ2) is 11.1. The molecule has 0 aliphatic rings. The van der Waals surface area contributed by atoms with Crippen molar-refractivity contribution in [2.75, 3.05) is 6.26 Å². The number of imidazole rings is 1. The SMILES string of the molecule is Cc1nc(C(F)F)cn1-c1ccc(-c2cc(F)c(CO)c(S(C)(=O)=O)c2)cc1-c1cnnn1Cc1ccc(Cl)cc1. The van der Waals surface area contributed by atoms with Gasteiger partial charge in [-0.05, 0) is 60.0 Å². The number of aliphatic hydroxyl groups is 1. The van der Waals surface area contributed by atoms with Crippen molar-refractivity contribution in [3.8, 4) is 28.1 Å². The third-order valence-corrected chi connectivity index (χ3v) is 7.98. The van der Waals surface area contributed by atoms with Crippen molar-refractivity contribution < 1.29 is 26.7 Å². The molecule has 13 heteroatoms. The number of aromatic nitrogens is 5. The Morgan fingerprint density at radius 2 is 1.78 bits per heavy atom. The Morgan fingerprint density at radius 1 is 1.05 bits per heavy atom. The molecule has 0 aliphatic carbocycles. The van der Waals surface area contributed by atoms with Crippen LogP contribution in [-0.4, -0.2) is 44.3 Å². The highest BCUT2D eigenvalue weighted by atomic mass is 35.5. The first-order chi connectivity index (χ1) is 19.5. The summed E-state index contributed by atoms with van der Waals surface area (Å²) in [5.41, 5.74) is 2.30. The Balaban J connectivity index is 1.72. The van der Waals surface area contributed by atoms with Gasteiger partial charge >= 0.3 is 0 Å². The minimum absolute atomic E-state index is 0.236. The number of hydrogen-bond donors (Lipinski definition) is 1. The molecule has 8 nitrogen and oxygen atoms in total. The molecule has 0 bridgehead atoms. The van der Waals surface area contributed by atoms with Crippen LogP contribution in [0.3, 0.4) is 0 Å². The monoisotopic (exact) mass is 601 g/mol. The summed E-state index contributed by atoms with van der Waals surface area (Å²) in [5.74, 6) is -0.568. The Morgan fingerprint density at radius 3 is 2.41 bits per heavy atom. The molecule has 0 spiro atoms. The van der Waals surface area contributed by atoms with Gasteiger partial charge in [0.05, 0.1) is 35.6 Å². The number of rotatable bonds is 8. The van der Waals surface area contributed by atoms with E-state index >= 15 is 0 Å². The Hall–Kier alpha value is -4.00. The highest BCUT2D eigenvalue weighted by molar-refractivity contribution is 7.90. The fourth-order valence-corrected chi connectivity index (χ4v) is 5.66. The van der Waals surface area contributed by atoms with Crippen molar-refractivity contribution in [1.82, 2.24) is 24.5 Å². The van der Waals surface area contributed by atoms with Crippen LogP contribution in [0.5, 0.6) is 0 Å². The maximum atomic E-state index is 15.0. The predicted octanol–water partition coefficient (Wildman–Crippen LogP) is 5.78. The largest absolute Gasteiger partial charge is 0.392 e. The zero-order chi connectivity index (χ0) is 29.5. The van der Waals surface area contributed by atoms with E-state index in [0.29, 0.717) is 39.9 Å². The highest BCUT2D eigenvalue weighted by Crippen LogP contribution is 2.35. The third kappa shape index (κ3) is 5.76. The number of hydrogen-bond acceptors (Lipinski definition) is 6. The summed E-state index contributed by atoms with van der Waals surface area (Å²) in [6.45, 7) is 1.11. The van der Waals surface area contributed by atoms with E-state index in [9.17, 15) is 26.7 Å². The molecule has 0 unspecified atom stereocenters. The summed E-state index contributed by atoms with van der Waals surface area (Å²) in [5, 5.41) is 18.4. The number of aliphatic hydroxyl groups excluding tert-OH is 1. The maximum Gasteiger partial charge on any atom is 0.281 e. The van der Waals surface area contributed by atoms with E-state index in [1.54, 1.807) is 41.9 Å². The van der Waals surface area contributed by atoms with Crippen molar-refractivity contribution in [3.63, 3.8) is 0 Å². The van der Waals surface area contributed by atoms with Gasteiger partial charge in [0, 0.05) is 28.6 Å². The molecule has 212 valence electrons. The minimum atomic E-state index is -3.88. The van der Waals surface area contributed by atoms with Gasteiger partial charge in [-0.25, -0.2) is 31.3 Å². The lowest BCUT2D eigenvalue weighted by Gasteiger charge is -2.16. The van der Waals surface area contributed by atoms with Crippen molar-refractivity contribution >= 4 is 21.4 Å². The minimum Gasteiger partial charge on any atom is -0.392 e. The molecule has 0 fully saturated rings. The number of alkyl halides is 2. The lowest BCUT2D eigenvalue weighted by atomic mass is 9.98. The second-order valence-corrected chi connectivity index (χ2v) is 11.8. The average molecular weight is 602 g/mol. The van der Waals surface area contributed by atoms with Crippen molar-refractivity contribution in [2.24, 2.45) is 0 Å². The molecule has 0 aliphatic heterocycles. The smallest absolute Gasteiger partial charge is 0.281 e. The molecule has 5 rings (SSSR count). The van der Waals surface area contributed by atoms with E-state index in [-0.39, 0.29) is 16.0 Å². The molecule has 0 radical (unpaired) electrons. The zero-order valence-corrected chi connectivity index (χ0v) is 23.3. The quantitative estimate of drug-likeness (QED) is 0.242. The second-order valence-electron chi connectivity index (χ2n) is 9.38. The third-order valence-electron chi connectivity index (χ3n) is 6.57. The van der Waals surface area contributed by atoms with Crippen LogP contribution in [0.25, 0.3) is 28.1 Å². The molecule has 0 amide bonds. The summed E-state index contributed by atoms with van der Waals surface area (Å²) in [6.07, 6.45) is 0.902. The van der Waals surface area contributed by atoms with Crippen LogP contribution in [0.1, 0.15) is 29.1 Å². The fourth-order valence-electron chi connectivity index (χ4n) is 4.58. The molecule has 0 saturated carbocycles. The first-order valence-electron chi connectivity index (χ1n) is 12.2. The summed E-state index contributed by atoms with van der Waals surface area (Å²) in [4.78, 5) is 3.65. The van der Waals surface area contributed by atoms with Crippen LogP contribution in [0, 0.1) is 12.7 Å². The standard InChI is InChI=1S/C28H23ClF3N5O3S/c1-16-34-24(28(31)32)14-36(16)25-8-5-18(19-10-23(30)22(15-38)27(11-19)41(2,39)40)9-21(25)26-12-33-35-37(26)13-17-3-6-20(29)7-4-17/h3-12,14,28,38H,13,15H2,1-2H3. The normalized spacial score (nSPS) is 11.9. The molecular formula is C28H23ClF3N5O3S. The van der Waals surface area contributed by atoms with E-state index in [4.69, 9.17) is 11.6 Å². The average Bonchev–Trinajstić information content (AvgIpc) is 3.55. The van der Waals surface area contributed by atoms with Gasteiger partial charge in [-0.2, -0.15) is 0 Å². The summed E-state index contributed by atoms with van der Waals surface area (Å²) < 4.78 is 69.9. The lowest BCUT2D eigenvalue weighted by molar-refractivity contribution is 0.146. The van der Waals surface area contributed by atoms with Gasteiger partial charge in [-0.3, -0.25) is 0 Å². The lowest BCUT2D eigenvalue weighted by Crippen LogP contribution is -2.07. The molecule has 5 aromatic rings. The molecule has 2 aromatic heterocycles. The molecular weight excluding hydrogens is 579 g/mol. The van der Waals surface area contributed by atoms with Crippen molar-refractivity contribution in [3.05, 3.63) is 100 Å². The van der Waals surface area contributed by atoms with Gasteiger partial charge in [0.1, 0.15) is 17.3 Å². The van der Waals surface area contributed by atoms with Gasteiger partial charge in [-0.1, -0.05) is 35.0 Å². The molecule has 0 atom stereocenters. The molecule has 41 heavy (non-hydrogen) atoms. The molecule has 3 aromatic carbocycles. The number of benzene rings is 3. The summed E-state index contributed by atoms with van der Waals surface area (Å²) in [6, 6.07) is 14.5. The summed E-state index contributed by atoms with van der Waals surface area (Å²) >= 11 is 6.02. The summed E-state index contributed by atoms with van der Waals surface area (Å²) in [7, 11) is -3.88. The molecule has 1 N–H and O–H groups in total. The molecule has 2 heterocycles. The van der Waals surface area contributed by atoms with Gasteiger partial charge < -0.3 is 9.67 Å². The topological polar surface area (TPSA) is 103 Å². The van der Waals surface area contributed by atoms with Crippen LogP contribution >= 0.6 is 11.6 Å². The predicted molar refractivity (Wildman–Crippen MR) is 147 cm³/mol. The van der Waals surface area contributed by atoms with Gasteiger partial charge in [-0.15, -0.1) is 5.10 Å². The van der Waals surface area contributed by atoms with E-state index < -0.39 is 34.4 Å². The van der Waals surface area contributed by atoms with E-state index in [0.717, 1.165) is 17.9 Å². The molecule has 0 saturated heterocycles. The van der Waals surface area contributed by atoms with Gasteiger partial charge in [0.15, 0.2) is 9.84 Å². The van der Waals surface area contributed by atoms with Gasteiger partial charge in [0.2, 0.25) is 0 Å². The van der Waals surface area contributed by atoms with E-state index in [2.05, 4.69) is 15.3 Å². The maximum absolute atomic E-state index is 15.0.